The Bertz CT molecular complexity index is 402. The van der Waals surface area contributed by atoms with Crippen molar-refractivity contribution in [2.75, 3.05) is 5.32 Å². The summed E-state index contributed by atoms with van der Waals surface area (Å²) in [5.74, 6) is -0.541. The Hall–Kier alpha value is -1.84. The quantitative estimate of drug-likeness (QED) is 0.748. The normalized spacial score (nSPS) is 11.9. The molecule has 16 heavy (non-hydrogen) atoms. The van der Waals surface area contributed by atoms with Gasteiger partial charge in [-0.2, -0.15) is 0 Å². The molecule has 0 fully saturated rings. The van der Waals surface area contributed by atoms with Crippen molar-refractivity contribution in [2.24, 2.45) is 0 Å². The van der Waals surface area contributed by atoms with Crippen molar-refractivity contribution in [3.8, 4) is 0 Å². The van der Waals surface area contributed by atoms with Crippen molar-refractivity contribution in [2.45, 2.75) is 26.3 Å². The van der Waals surface area contributed by atoms with Crippen molar-refractivity contribution in [1.29, 1.82) is 0 Å². The van der Waals surface area contributed by atoms with Crippen LogP contribution in [-0.4, -0.2) is 22.1 Å². The lowest BCUT2D eigenvalue weighted by molar-refractivity contribution is 0.0697. The molecule has 1 rings (SSSR count). The van der Waals surface area contributed by atoms with E-state index in [-0.39, 0.29) is 11.6 Å². The van der Waals surface area contributed by atoms with Crippen LogP contribution < -0.4 is 5.32 Å². The molecule has 2 N–H and O–H groups in total. The second-order valence-corrected chi connectivity index (χ2v) is 3.73. The SMILES string of the molecule is C=CCC(C)Nc1nccc(C)c1C(=O)O. The van der Waals surface area contributed by atoms with Gasteiger partial charge in [-0.05, 0) is 31.9 Å². The molecule has 0 saturated carbocycles. The standard InChI is InChI=1S/C12H16N2O2/c1-4-5-9(3)14-11-10(12(15)16)8(2)6-7-13-11/h4,6-7,9H,1,5H2,2-3H3,(H,13,14)(H,15,16). The molecule has 86 valence electrons. The number of hydrogen-bond donors (Lipinski definition) is 2. The topological polar surface area (TPSA) is 62.2 Å². The lowest BCUT2D eigenvalue weighted by Gasteiger charge is -2.15. The largest absolute Gasteiger partial charge is 0.478 e. The second kappa shape index (κ2) is 5.30. The van der Waals surface area contributed by atoms with Crippen LogP contribution in [0.5, 0.6) is 0 Å². The van der Waals surface area contributed by atoms with E-state index in [1.165, 1.54) is 0 Å². The smallest absolute Gasteiger partial charge is 0.339 e. The van der Waals surface area contributed by atoms with E-state index in [1.54, 1.807) is 25.3 Å². The molecule has 4 heteroatoms. The van der Waals surface area contributed by atoms with Crippen LogP contribution in [0.15, 0.2) is 24.9 Å². The molecular formula is C12H16N2O2. The van der Waals surface area contributed by atoms with Crippen LogP contribution in [0.1, 0.15) is 29.3 Å². The van der Waals surface area contributed by atoms with Gasteiger partial charge in [-0.15, -0.1) is 6.58 Å². The molecule has 0 saturated heterocycles. The number of carbonyl (C=O) groups is 1. The van der Waals surface area contributed by atoms with E-state index in [1.807, 2.05) is 6.92 Å². The third kappa shape index (κ3) is 2.82. The van der Waals surface area contributed by atoms with Gasteiger partial charge in [-0.25, -0.2) is 9.78 Å². The summed E-state index contributed by atoms with van der Waals surface area (Å²) in [5.41, 5.74) is 0.939. The minimum absolute atomic E-state index is 0.116. The maximum atomic E-state index is 11.1. The lowest BCUT2D eigenvalue weighted by Crippen LogP contribution is -2.18. The summed E-state index contributed by atoms with van der Waals surface area (Å²) in [4.78, 5) is 15.1. The van der Waals surface area contributed by atoms with Gasteiger partial charge in [0.15, 0.2) is 0 Å². The zero-order chi connectivity index (χ0) is 12.1. The van der Waals surface area contributed by atoms with Crippen molar-refractivity contribution in [1.82, 2.24) is 4.98 Å². The monoisotopic (exact) mass is 220 g/mol. The van der Waals surface area contributed by atoms with Crippen LogP contribution in [-0.2, 0) is 0 Å². The molecule has 1 heterocycles. The van der Waals surface area contributed by atoms with Crippen LogP contribution in [0.4, 0.5) is 5.82 Å². The van der Waals surface area contributed by atoms with Gasteiger partial charge >= 0.3 is 5.97 Å². The van der Waals surface area contributed by atoms with Crippen LogP contribution >= 0.6 is 0 Å². The fourth-order valence-electron chi connectivity index (χ4n) is 1.48. The predicted molar refractivity (Wildman–Crippen MR) is 63.8 cm³/mol. The van der Waals surface area contributed by atoms with E-state index in [9.17, 15) is 4.79 Å². The summed E-state index contributed by atoms with van der Waals surface area (Å²) >= 11 is 0. The predicted octanol–water partition coefficient (Wildman–Crippen LogP) is 2.46. The Morgan fingerprint density at radius 2 is 2.44 bits per heavy atom. The van der Waals surface area contributed by atoms with E-state index in [4.69, 9.17) is 5.11 Å². The third-order valence-electron chi connectivity index (χ3n) is 2.28. The van der Waals surface area contributed by atoms with E-state index >= 15 is 0 Å². The van der Waals surface area contributed by atoms with Gasteiger partial charge in [-0.3, -0.25) is 0 Å². The minimum Gasteiger partial charge on any atom is -0.478 e. The van der Waals surface area contributed by atoms with E-state index in [0.717, 1.165) is 6.42 Å². The van der Waals surface area contributed by atoms with Gasteiger partial charge in [0, 0.05) is 12.2 Å². The van der Waals surface area contributed by atoms with Crippen molar-refractivity contribution in [3.63, 3.8) is 0 Å². The average molecular weight is 220 g/mol. The third-order valence-corrected chi connectivity index (χ3v) is 2.28. The minimum atomic E-state index is -0.959. The summed E-state index contributed by atoms with van der Waals surface area (Å²) in [6.07, 6.45) is 4.15. The molecule has 0 spiro atoms. The molecule has 0 radical (unpaired) electrons. The molecule has 4 nitrogen and oxygen atoms in total. The second-order valence-electron chi connectivity index (χ2n) is 3.73. The zero-order valence-corrected chi connectivity index (χ0v) is 9.53. The number of rotatable bonds is 5. The molecule has 0 bridgehead atoms. The number of aryl methyl sites for hydroxylation is 1. The van der Waals surface area contributed by atoms with E-state index in [0.29, 0.717) is 11.4 Å². The highest BCUT2D eigenvalue weighted by molar-refractivity contribution is 5.94. The number of aromatic carboxylic acids is 1. The molecule has 1 unspecified atom stereocenters. The number of carboxylic acid groups (broad SMARTS) is 1. The molecule has 0 aliphatic rings. The van der Waals surface area contributed by atoms with Crippen LogP contribution in [0.3, 0.4) is 0 Å². The Balaban J connectivity index is 2.99. The summed E-state index contributed by atoms with van der Waals surface area (Å²) in [7, 11) is 0. The summed E-state index contributed by atoms with van der Waals surface area (Å²) in [5, 5.41) is 12.2. The maximum Gasteiger partial charge on any atom is 0.339 e. The number of nitrogens with one attached hydrogen (secondary N) is 1. The molecule has 1 atom stereocenters. The number of anilines is 1. The summed E-state index contributed by atoms with van der Waals surface area (Å²) in [6, 6.07) is 1.80. The van der Waals surface area contributed by atoms with Crippen LogP contribution in [0, 0.1) is 6.92 Å². The molecular weight excluding hydrogens is 204 g/mol. The summed E-state index contributed by atoms with van der Waals surface area (Å²) < 4.78 is 0. The Kier molecular flexibility index (Phi) is 4.05. The zero-order valence-electron chi connectivity index (χ0n) is 9.53. The van der Waals surface area contributed by atoms with Crippen molar-refractivity contribution in [3.05, 3.63) is 36.0 Å². The van der Waals surface area contributed by atoms with Crippen LogP contribution in [0.25, 0.3) is 0 Å². The van der Waals surface area contributed by atoms with Crippen LogP contribution in [0.2, 0.25) is 0 Å². The fraction of sp³-hybridized carbons (Fsp3) is 0.333. The van der Waals surface area contributed by atoms with Gasteiger partial charge in [0.25, 0.3) is 0 Å². The number of nitrogens with zero attached hydrogens (tertiary/aromatic N) is 1. The lowest BCUT2D eigenvalue weighted by atomic mass is 10.1. The van der Waals surface area contributed by atoms with Gasteiger partial charge in [-0.1, -0.05) is 6.08 Å². The number of aromatic nitrogens is 1. The maximum absolute atomic E-state index is 11.1. The highest BCUT2D eigenvalue weighted by Gasteiger charge is 2.15. The van der Waals surface area contributed by atoms with Gasteiger partial charge < -0.3 is 10.4 Å². The molecule has 0 aromatic carbocycles. The first kappa shape index (κ1) is 12.2. The number of pyridine rings is 1. The molecule has 1 aromatic rings. The first-order valence-corrected chi connectivity index (χ1v) is 5.12. The summed E-state index contributed by atoms with van der Waals surface area (Å²) in [6.45, 7) is 7.35. The molecule has 0 aliphatic carbocycles. The van der Waals surface area contributed by atoms with Gasteiger partial charge in [0.2, 0.25) is 0 Å². The highest BCUT2D eigenvalue weighted by Crippen LogP contribution is 2.17. The molecule has 0 amide bonds. The first-order chi connectivity index (χ1) is 7.56. The van der Waals surface area contributed by atoms with Crippen molar-refractivity contribution < 1.29 is 9.90 Å². The Morgan fingerprint density at radius 3 is 3.00 bits per heavy atom. The Labute approximate surface area is 95.0 Å². The van der Waals surface area contributed by atoms with E-state index < -0.39 is 5.97 Å². The average Bonchev–Trinajstić information content (AvgIpc) is 2.17. The number of carboxylic acids is 1. The highest BCUT2D eigenvalue weighted by atomic mass is 16.4. The molecule has 0 aliphatic heterocycles. The molecule has 1 aromatic heterocycles. The fourth-order valence-corrected chi connectivity index (χ4v) is 1.48. The van der Waals surface area contributed by atoms with E-state index in [2.05, 4.69) is 16.9 Å². The Morgan fingerprint density at radius 1 is 1.75 bits per heavy atom. The first-order valence-electron chi connectivity index (χ1n) is 5.12. The van der Waals surface area contributed by atoms with Gasteiger partial charge in [0.05, 0.1) is 0 Å². The van der Waals surface area contributed by atoms with Gasteiger partial charge in [0.1, 0.15) is 11.4 Å². The van der Waals surface area contributed by atoms with Crippen molar-refractivity contribution >= 4 is 11.8 Å². The number of hydrogen-bond acceptors (Lipinski definition) is 3.